The zero-order valence-corrected chi connectivity index (χ0v) is 18.4. The molecule has 0 aliphatic heterocycles. The molecule has 2 aromatic carbocycles. The quantitative estimate of drug-likeness (QED) is 0.371. The number of amides is 1. The molecule has 162 valence electrons. The lowest BCUT2D eigenvalue weighted by Gasteiger charge is -2.15. The predicted octanol–water partition coefficient (Wildman–Crippen LogP) is 4.42. The van der Waals surface area contributed by atoms with Crippen LogP contribution in [0, 0.1) is 0 Å². The summed E-state index contributed by atoms with van der Waals surface area (Å²) in [5, 5.41) is 10.8. The third kappa shape index (κ3) is 5.73. The number of nitrogens with zero attached hydrogens (tertiary/aromatic N) is 3. The number of carbonyl (C=O) groups excluding carboxylic acids is 1. The number of hydrogen-bond acceptors (Lipinski definition) is 6. The molecule has 32 heavy (non-hydrogen) atoms. The van der Waals surface area contributed by atoms with Crippen LogP contribution >= 0.6 is 11.8 Å². The minimum absolute atomic E-state index is 0.0406. The van der Waals surface area contributed by atoms with Crippen LogP contribution < -0.4 is 10.1 Å². The van der Waals surface area contributed by atoms with Crippen molar-refractivity contribution in [2.75, 3.05) is 7.11 Å². The molecule has 0 fully saturated rings. The van der Waals surface area contributed by atoms with Crippen molar-refractivity contribution in [1.29, 1.82) is 0 Å². The van der Waals surface area contributed by atoms with Crippen molar-refractivity contribution in [3.05, 3.63) is 90.3 Å². The van der Waals surface area contributed by atoms with Crippen LogP contribution in [0.5, 0.6) is 5.75 Å². The number of hydrogen-bond donors (Lipinski definition) is 2. The minimum atomic E-state index is -0.121. The van der Waals surface area contributed by atoms with Crippen molar-refractivity contribution >= 4 is 17.7 Å². The highest BCUT2D eigenvalue weighted by Crippen LogP contribution is 2.36. The maximum absolute atomic E-state index is 12.7. The van der Waals surface area contributed by atoms with E-state index in [0.29, 0.717) is 23.9 Å². The number of carbonyl (C=O) groups is 1. The molecule has 8 heteroatoms. The average Bonchev–Trinajstić information content (AvgIpc) is 3.32. The highest BCUT2D eigenvalue weighted by molar-refractivity contribution is 7.99. The van der Waals surface area contributed by atoms with Crippen molar-refractivity contribution < 1.29 is 9.53 Å². The molecular weight excluding hydrogens is 422 g/mol. The van der Waals surface area contributed by atoms with Gasteiger partial charge < -0.3 is 10.1 Å². The number of pyridine rings is 1. The van der Waals surface area contributed by atoms with Gasteiger partial charge in [-0.1, -0.05) is 48.2 Å². The Balaban J connectivity index is 1.45. The number of ether oxygens (including phenoxy) is 1. The van der Waals surface area contributed by atoms with Gasteiger partial charge in [0, 0.05) is 36.2 Å². The number of aromatic nitrogens is 4. The van der Waals surface area contributed by atoms with Crippen molar-refractivity contribution in [2.45, 2.75) is 23.4 Å². The topological polar surface area (TPSA) is 92.8 Å². The van der Waals surface area contributed by atoms with Gasteiger partial charge in [0.25, 0.3) is 0 Å². The maximum Gasteiger partial charge on any atom is 0.221 e. The summed E-state index contributed by atoms with van der Waals surface area (Å²) in [4.78, 5) is 21.4. The fraction of sp³-hybridized carbons (Fsp3) is 0.167. The van der Waals surface area contributed by atoms with E-state index in [1.54, 1.807) is 19.5 Å². The molecule has 0 unspecified atom stereocenters. The largest absolute Gasteiger partial charge is 0.497 e. The van der Waals surface area contributed by atoms with E-state index in [1.165, 1.54) is 11.8 Å². The second-order valence-electron chi connectivity index (χ2n) is 7.05. The minimum Gasteiger partial charge on any atom is -0.497 e. The SMILES string of the molecule is COc1ccc(-c2nc(S[C@@H](CC(=O)NCc3cccnc3)c3ccccc3)n[nH]2)cc1. The molecule has 0 aliphatic rings. The van der Waals surface area contributed by atoms with Crippen LogP contribution in [0.4, 0.5) is 0 Å². The van der Waals surface area contributed by atoms with E-state index in [0.717, 1.165) is 22.4 Å². The van der Waals surface area contributed by atoms with E-state index in [9.17, 15) is 4.79 Å². The van der Waals surface area contributed by atoms with Crippen molar-refractivity contribution in [3.63, 3.8) is 0 Å². The molecule has 0 aliphatic carbocycles. The van der Waals surface area contributed by atoms with E-state index in [4.69, 9.17) is 4.74 Å². The molecule has 1 atom stereocenters. The number of rotatable bonds is 9. The normalized spacial score (nSPS) is 11.7. The third-order valence-corrected chi connectivity index (χ3v) is 5.95. The molecule has 7 nitrogen and oxygen atoms in total. The van der Waals surface area contributed by atoms with Crippen LogP contribution in [0.15, 0.2) is 84.3 Å². The Morgan fingerprint density at radius 2 is 1.91 bits per heavy atom. The zero-order chi connectivity index (χ0) is 22.2. The molecule has 2 N–H and O–H groups in total. The van der Waals surface area contributed by atoms with E-state index in [1.807, 2.05) is 66.7 Å². The Kier molecular flexibility index (Phi) is 7.14. The van der Waals surface area contributed by atoms with E-state index in [-0.39, 0.29) is 11.2 Å². The molecule has 2 heterocycles. The zero-order valence-electron chi connectivity index (χ0n) is 17.6. The smallest absolute Gasteiger partial charge is 0.221 e. The van der Waals surface area contributed by atoms with Gasteiger partial charge in [0.1, 0.15) is 5.75 Å². The number of aromatic amines is 1. The van der Waals surface area contributed by atoms with Gasteiger partial charge in [-0.2, -0.15) is 0 Å². The van der Waals surface area contributed by atoms with E-state index < -0.39 is 0 Å². The number of thioether (sulfide) groups is 1. The maximum atomic E-state index is 12.7. The summed E-state index contributed by atoms with van der Waals surface area (Å²) >= 11 is 1.46. The van der Waals surface area contributed by atoms with E-state index in [2.05, 4.69) is 25.5 Å². The molecule has 0 saturated heterocycles. The van der Waals surface area contributed by atoms with Gasteiger partial charge in [0.2, 0.25) is 11.1 Å². The molecule has 2 aromatic heterocycles. The number of nitrogens with one attached hydrogen (secondary N) is 2. The van der Waals surface area contributed by atoms with Crippen LogP contribution in [-0.2, 0) is 11.3 Å². The van der Waals surface area contributed by atoms with Crippen LogP contribution in [0.25, 0.3) is 11.4 Å². The Morgan fingerprint density at radius 3 is 2.62 bits per heavy atom. The highest BCUT2D eigenvalue weighted by Gasteiger charge is 2.20. The molecule has 1 amide bonds. The number of H-pyrrole nitrogens is 1. The van der Waals surface area contributed by atoms with Gasteiger partial charge in [-0.05, 0) is 41.5 Å². The first-order valence-electron chi connectivity index (χ1n) is 10.2. The van der Waals surface area contributed by atoms with Crippen molar-refractivity contribution in [2.24, 2.45) is 0 Å². The second-order valence-corrected chi connectivity index (χ2v) is 8.22. The Labute approximate surface area is 190 Å². The summed E-state index contributed by atoms with van der Waals surface area (Å²) in [6.07, 6.45) is 3.77. The molecule has 0 spiro atoms. The molecule has 0 saturated carbocycles. The first-order chi connectivity index (χ1) is 15.7. The monoisotopic (exact) mass is 445 g/mol. The molecule has 4 aromatic rings. The van der Waals surface area contributed by atoms with Gasteiger partial charge in [-0.3, -0.25) is 14.9 Å². The van der Waals surface area contributed by atoms with E-state index >= 15 is 0 Å². The Hall–Kier alpha value is -3.65. The van der Waals surface area contributed by atoms with Crippen LogP contribution in [0.3, 0.4) is 0 Å². The lowest BCUT2D eigenvalue weighted by molar-refractivity contribution is -0.121. The molecular formula is C24H23N5O2S. The van der Waals surface area contributed by atoms with Crippen molar-refractivity contribution in [1.82, 2.24) is 25.5 Å². The second kappa shape index (κ2) is 10.6. The summed E-state index contributed by atoms with van der Waals surface area (Å²) in [6, 6.07) is 21.3. The molecule has 0 bridgehead atoms. The van der Waals surface area contributed by atoms with Crippen molar-refractivity contribution in [3.8, 4) is 17.1 Å². The number of benzene rings is 2. The van der Waals surface area contributed by atoms with Gasteiger partial charge in [-0.25, -0.2) is 4.98 Å². The summed E-state index contributed by atoms with van der Waals surface area (Å²) in [6.45, 7) is 0.446. The highest BCUT2D eigenvalue weighted by atomic mass is 32.2. The first kappa shape index (κ1) is 21.6. The average molecular weight is 446 g/mol. The van der Waals surface area contributed by atoms with Gasteiger partial charge in [0.05, 0.1) is 7.11 Å². The lowest BCUT2D eigenvalue weighted by atomic mass is 10.1. The summed E-state index contributed by atoms with van der Waals surface area (Å²) < 4.78 is 5.21. The molecule has 4 rings (SSSR count). The van der Waals surface area contributed by atoms with Gasteiger partial charge >= 0.3 is 0 Å². The number of methoxy groups -OCH3 is 1. The lowest BCUT2D eigenvalue weighted by Crippen LogP contribution is -2.24. The summed E-state index contributed by atoms with van der Waals surface area (Å²) in [5.74, 6) is 1.41. The Bertz CT molecular complexity index is 1130. The summed E-state index contributed by atoms with van der Waals surface area (Å²) in [5.41, 5.74) is 2.92. The van der Waals surface area contributed by atoms with Crippen LogP contribution in [-0.4, -0.2) is 33.2 Å². The van der Waals surface area contributed by atoms with Gasteiger partial charge in [-0.15, -0.1) is 5.10 Å². The summed E-state index contributed by atoms with van der Waals surface area (Å²) in [7, 11) is 1.63. The van der Waals surface area contributed by atoms with Crippen LogP contribution in [0.1, 0.15) is 22.8 Å². The fourth-order valence-corrected chi connectivity index (χ4v) is 4.17. The standard InChI is InChI=1S/C24H23N5O2S/c1-31-20-11-9-19(10-12-20)23-27-24(29-28-23)32-21(18-7-3-2-4-8-18)14-22(30)26-16-17-6-5-13-25-15-17/h2-13,15,21H,14,16H2,1H3,(H,26,30)(H,27,28,29)/t21-/m0/s1. The van der Waals surface area contributed by atoms with Gasteiger partial charge in [0.15, 0.2) is 5.82 Å². The fourth-order valence-electron chi connectivity index (χ4n) is 3.14. The van der Waals surface area contributed by atoms with Crippen LogP contribution in [0.2, 0.25) is 0 Å². The first-order valence-corrected chi connectivity index (χ1v) is 11.0. The molecule has 0 radical (unpaired) electrons. The third-order valence-electron chi connectivity index (χ3n) is 4.83. The Morgan fingerprint density at radius 1 is 1.09 bits per heavy atom. The predicted molar refractivity (Wildman–Crippen MR) is 124 cm³/mol.